The van der Waals surface area contributed by atoms with E-state index < -0.39 is 0 Å². The molecule has 6 aromatic rings. The highest BCUT2D eigenvalue weighted by Gasteiger charge is 2.29. The van der Waals surface area contributed by atoms with E-state index in [4.69, 9.17) is 23.7 Å². The first-order valence-electron chi connectivity index (χ1n) is 30.2. The van der Waals surface area contributed by atoms with E-state index in [2.05, 4.69) is 104 Å². The van der Waals surface area contributed by atoms with E-state index in [1.807, 2.05) is 69.2 Å². The Bertz CT molecular complexity index is 2520. The maximum atomic E-state index is 5.94. The summed E-state index contributed by atoms with van der Waals surface area (Å²) >= 11 is 9.39. The minimum absolute atomic E-state index is 0.203. The fourth-order valence-electron chi connectivity index (χ4n) is 12.6. The average Bonchev–Trinajstić information content (AvgIpc) is 4.38. The molecule has 9 aliphatic rings. The lowest BCUT2D eigenvalue weighted by molar-refractivity contribution is 0.00753. The number of nitrogens with one attached hydrogen (secondary N) is 1. The van der Waals surface area contributed by atoms with E-state index in [-0.39, 0.29) is 6.10 Å². The minimum Gasteiger partial charge on any atom is -0.372 e. The lowest BCUT2D eigenvalue weighted by Crippen LogP contribution is -2.46. The van der Waals surface area contributed by atoms with Crippen molar-refractivity contribution in [3.63, 3.8) is 0 Å². The van der Waals surface area contributed by atoms with Gasteiger partial charge in [0.2, 0.25) is 0 Å². The van der Waals surface area contributed by atoms with Gasteiger partial charge in [-0.1, -0.05) is 12.8 Å². The molecular formula is C62H88N8O5S5. The van der Waals surface area contributed by atoms with Gasteiger partial charge in [-0.15, -0.1) is 56.7 Å². The molecule has 0 amide bonds. The Morgan fingerprint density at radius 2 is 0.738 bits per heavy atom. The number of nitrogens with zero attached hydrogens (tertiary/aromatic N) is 7. The van der Waals surface area contributed by atoms with Gasteiger partial charge in [0.25, 0.3) is 0 Å². The first-order valence-corrected chi connectivity index (χ1v) is 34.6. The molecule has 0 bridgehead atoms. The van der Waals surface area contributed by atoms with Crippen LogP contribution in [0.3, 0.4) is 0 Å². The lowest BCUT2D eigenvalue weighted by Gasteiger charge is -2.35. The summed E-state index contributed by atoms with van der Waals surface area (Å²) in [6.07, 6.45) is 20.9. The summed E-state index contributed by atoms with van der Waals surface area (Å²) < 4.78 is 31.6. The number of likely N-dealkylation sites (N-methyl/N-ethyl adjacent to an activating group) is 1. The molecule has 18 heteroatoms. The summed E-state index contributed by atoms with van der Waals surface area (Å²) in [4.78, 5) is 24.3. The molecule has 0 spiro atoms. The number of aromatic nitrogens is 2. The van der Waals surface area contributed by atoms with E-state index in [9.17, 15) is 0 Å². The molecule has 4 saturated heterocycles. The Morgan fingerprint density at radius 3 is 1.07 bits per heavy atom. The van der Waals surface area contributed by atoms with Crippen LogP contribution in [0.25, 0.3) is 0 Å². The Balaban J connectivity index is 0.000000106. The highest BCUT2D eigenvalue weighted by atomic mass is 32.1. The fourth-order valence-corrected chi connectivity index (χ4v) is 17.2. The van der Waals surface area contributed by atoms with Crippen LogP contribution in [-0.4, -0.2) is 179 Å². The van der Waals surface area contributed by atoms with Gasteiger partial charge in [-0.2, -0.15) is 0 Å². The number of hydrogen-bond acceptors (Lipinski definition) is 17. The van der Waals surface area contributed by atoms with Crippen molar-refractivity contribution in [3.8, 4) is 0 Å². The second kappa shape index (κ2) is 30.9. The van der Waals surface area contributed by atoms with Crippen LogP contribution in [0.4, 0.5) is 0 Å². The number of imidazole rings is 1. The van der Waals surface area contributed by atoms with Crippen LogP contribution in [0, 0.1) is 0 Å². The average molecular weight is 1190 g/mol. The molecule has 15 heterocycles. The van der Waals surface area contributed by atoms with Crippen LogP contribution in [0.1, 0.15) is 121 Å². The third kappa shape index (κ3) is 16.6. The van der Waals surface area contributed by atoms with Crippen molar-refractivity contribution in [1.82, 2.24) is 39.4 Å². The molecule has 0 saturated carbocycles. The fraction of sp³-hybridized carbons (Fsp3) is 0.629. The van der Waals surface area contributed by atoms with Crippen LogP contribution in [0.15, 0.2) is 76.0 Å². The van der Waals surface area contributed by atoms with Crippen molar-refractivity contribution in [1.29, 1.82) is 0 Å². The van der Waals surface area contributed by atoms with Gasteiger partial charge in [-0.3, -0.25) is 9.80 Å². The Hall–Kier alpha value is -2.73. The molecule has 0 radical (unpaired) electrons. The molecule has 0 aromatic carbocycles. The number of fused-ring (bicyclic) bond motifs is 5. The van der Waals surface area contributed by atoms with Gasteiger partial charge in [-0.25, -0.2) is 4.98 Å². The molecule has 9 aliphatic heterocycles. The van der Waals surface area contributed by atoms with Gasteiger partial charge >= 0.3 is 0 Å². The van der Waals surface area contributed by atoms with Crippen molar-refractivity contribution in [2.24, 2.45) is 0 Å². The normalized spacial score (nSPS) is 25.5. The topological polar surface area (TPSA) is 92.2 Å². The number of likely N-dealkylation sites (tertiary alicyclic amines) is 2. The summed E-state index contributed by atoms with van der Waals surface area (Å²) in [5, 5.41) is 14.4. The smallest absolute Gasteiger partial charge is 0.101 e. The van der Waals surface area contributed by atoms with E-state index in [0.29, 0.717) is 24.4 Å². The number of thiophene rings is 5. The van der Waals surface area contributed by atoms with E-state index in [1.54, 1.807) is 16.0 Å². The van der Waals surface area contributed by atoms with Gasteiger partial charge in [0, 0.05) is 147 Å². The molecule has 15 rings (SSSR count). The van der Waals surface area contributed by atoms with Gasteiger partial charge in [-0.05, 0) is 144 Å². The number of hydrogen-bond donors (Lipinski definition) is 1. The van der Waals surface area contributed by atoms with E-state index in [0.717, 1.165) is 124 Å². The first-order chi connectivity index (χ1) is 39.6. The summed E-state index contributed by atoms with van der Waals surface area (Å²) in [5.41, 5.74) is 7.17. The summed E-state index contributed by atoms with van der Waals surface area (Å²) in [5.74, 6) is 0. The van der Waals surface area contributed by atoms with Crippen LogP contribution in [0.5, 0.6) is 0 Å². The van der Waals surface area contributed by atoms with Gasteiger partial charge in [0.1, 0.15) is 6.10 Å². The zero-order valence-electron chi connectivity index (χ0n) is 47.4. The maximum absolute atomic E-state index is 5.94. The number of rotatable bonds is 10. The Morgan fingerprint density at radius 1 is 0.412 bits per heavy atom. The van der Waals surface area contributed by atoms with E-state index >= 15 is 0 Å². The van der Waals surface area contributed by atoms with Gasteiger partial charge in [0.15, 0.2) is 0 Å². The molecule has 6 aromatic heterocycles. The second-order valence-corrected chi connectivity index (χ2v) is 27.7. The molecular weight excluding hydrogens is 1100 g/mol. The van der Waals surface area contributed by atoms with Crippen molar-refractivity contribution in [2.45, 2.75) is 108 Å². The Labute approximate surface area is 497 Å². The van der Waals surface area contributed by atoms with Gasteiger partial charge in [0.05, 0.1) is 70.3 Å². The number of piperazine rings is 2. The van der Waals surface area contributed by atoms with Crippen molar-refractivity contribution in [2.75, 3.05) is 145 Å². The zero-order valence-corrected chi connectivity index (χ0v) is 51.5. The third-order valence-corrected chi connectivity index (χ3v) is 22.2. The number of ether oxygens (including phenoxy) is 5. The highest BCUT2D eigenvalue weighted by Crippen LogP contribution is 2.36. The molecule has 436 valence electrons. The molecule has 5 atom stereocenters. The molecule has 13 nitrogen and oxygen atoms in total. The summed E-state index contributed by atoms with van der Waals surface area (Å²) in [6.45, 7) is 23.9. The number of piperidine rings is 2. The Kier molecular flexibility index (Phi) is 22.8. The third-order valence-electron chi connectivity index (χ3n) is 17.2. The van der Waals surface area contributed by atoms with Crippen molar-refractivity contribution in [3.05, 3.63) is 128 Å². The highest BCUT2D eigenvalue weighted by molar-refractivity contribution is 7.11. The molecule has 3 unspecified atom stereocenters. The standard InChI is InChI=1S/C13H20N2OS.2C13H19NOS.C12H18N2OS.C11H12N2OS/c1-14-4-6-15(7-5-14)10-12-11-3-9-17-13(11)2-8-16-12;2*1-2-6-14(7-3-1)10-12-11-5-9-16-13(11)4-8-15-12;1-7-15-11(10-2-8-16-12(1)10)9-14-5-3-13-4-6-14;1-5-14-10(7-13-4-3-12-8-13)9-2-6-15-11(1)9/h3,9,12H,2,4-8,10H2,1H3;2*5,9,12H,1-4,6-8,10H2;2,8,11,13H,1,3-7,9H2;2-4,6,8,10H,1,5,7H2/t;2*12-;;/m.10../s1. The molecule has 80 heavy (non-hydrogen) atoms. The zero-order chi connectivity index (χ0) is 54.1. The minimum atomic E-state index is 0.203. The van der Waals surface area contributed by atoms with Crippen LogP contribution < -0.4 is 5.32 Å². The lowest BCUT2D eigenvalue weighted by atomic mass is 10.0. The van der Waals surface area contributed by atoms with Crippen molar-refractivity contribution < 1.29 is 23.7 Å². The van der Waals surface area contributed by atoms with Crippen LogP contribution >= 0.6 is 56.7 Å². The van der Waals surface area contributed by atoms with Gasteiger partial charge < -0.3 is 48.3 Å². The molecule has 1 N–H and O–H groups in total. The summed E-state index contributed by atoms with van der Waals surface area (Å²) in [7, 11) is 2.20. The monoisotopic (exact) mass is 1180 g/mol. The summed E-state index contributed by atoms with van der Waals surface area (Å²) in [6, 6.07) is 11.2. The quantitative estimate of drug-likeness (QED) is 0.142. The predicted octanol–water partition coefficient (Wildman–Crippen LogP) is 10.8. The first kappa shape index (κ1) is 59.0. The second-order valence-electron chi connectivity index (χ2n) is 22.7. The molecule has 4 fully saturated rings. The van der Waals surface area contributed by atoms with Crippen LogP contribution in [0.2, 0.25) is 0 Å². The largest absolute Gasteiger partial charge is 0.372 e. The van der Waals surface area contributed by atoms with Crippen molar-refractivity contribution >= 4 is 56.7 Å². The van der Waals surface area contributed by atoms with Crippen LogP contribution in [-0.2, 0) is 62.3 Å². The SMILES string of the molecule is CN1CCN(CC2OCCc3sccc32)CC1.c1cc2c(s1)CCOC2CN1CCNCC1.c1cc2c(s1)CCO[C@@H]2CN1CCCCC1.c1cc2c(s1)CCO[C@H]2CN1CCCCC1.c1cn(CC2OCCc3sccc32)cn1. The van der Waals surface area contributed by atoms with E-state index in [1.165, 1.54) is 133 Å². The maximum Gasteiger partial charge on any atom is 0.101 e. The molecule has 0 aliphatic carbocycles. The predicted molar refractivity (Wildman–Crippen MR) is 330 cm³/mol.